The van der Waals surface area contributed by atoms with Gasteiger partial charge in [0.15, 0.2) is 0 Å². The minimum absolute atomic E-state index is 0.00873. The Morgan fingerprint density at radius 1 is 1.43 bits per heavy atom. The number of phenols is 1. The zero-order chi connectivity index (χ0) is 10.8. The molecule has 0 saturated heterocycles. The highest BCUT2D eigenvalue weighted by atomic mass is 32.2. The minimum atomic E-state index is -3.32. The lowest BCUT2D eigenvalue weighted by molar-refractivity contribution is 0.469. The van der Waals surface area contributed by atoms with Crippen molar-refractivity contribution in [1.29, 1.82) is 0 Å². The monoisotopic (exact) mass is 215 g/mol. The number of aromatic hydroxyl groups is 1. The molecule has 0 aromatic heterocycles. The zero-order valence-electron chi connectivity index (χ0n) is 8.11. The van der Waals surface area contributed by atoms with Gasteiger partial charge in [0.2, 0.25) is 10.0 Å². The fourth-order valence-electron chi connectivity index (χ4n) is 1.11. The number of nitrogens with one attached hydrogen (secondary N) is 1. The number of hydrogen-bond acceptors (Lipinski definition) is 3. The van der Waals surface area contributed by atoms with Gasteiger partial charge in [-0.05, 0) is 20.0 Å². The third-order valence-electron chi connectivity index (χ3n) is 1.89. The third-order valence-corrected chi connectivity index (χ3v) is 3.20. The largest absolute Gasteiger partial charge is 0.508 e. The lowest BCUT2D eigenvalue weighted by Crippen LogP contribution is -2.20. The van der Waals surface area contributed by atoms with Gasteiger partial charge < -0.3 is 5.11 Å². The van der Waals surface area contributed by atoms with Gasteiger partial charge in [-0.3, -0.25) is 0 Å². The van der Waals surface area contributed by atoms with Gasteiger partial charge in [-0.1, -0.05) is 17.7 Å². The number of benzene rings is 1. The Morgan fingerprint density at radius 3 is 2.64 bits per heavy atom. The summed E-state index contributed by atoms with van der Waals surface area (Å²) in [4.78, 5) is 0. The van der Waals surface area contributed by atoms with Crippen LogP contribution in [0.5, 0.6) is 5.75 Å². The zero-order valence-corrected chi connectivity index (χ0v) is 8.93. The molecule has 14 heavy (non-hydrogen) atoms. The van der Waals surface area contributed by atoms with E-state index >= 15 is 0 Å². The van der Waals surface area contributed by atoms with Crippen LogP contribution < -0.4 is 4.72 Å². The van der Waals surface area contributed by atoms with Crippen LogP contribution in [0.1, 0.15) is 11.1 Å². The van der Waals surface area contributed by atoms with Crippen molar-refractivity contribution < 1.29 is 13.5 Å². The maximum absolute atomic E-state index is 11.2. The molecule has 0 spiro atoms. The first-order valence-corrected chi connectivity index (χ1v) is 5.79. The van der Waals surface area contributed by atoms with Gasteiger partial charge >= 0.3 is 0 Å². The van der Waals surface area contributed by atoms with Gasteiger partial charge in [0.1, 0.15) is 5.75 Å². The number of aryl methyl sites for hydroxylation is 1. The van der Waals surface area contributed by atoms with Crippen LogP contribution in [0.2, 0.25) is 0 Å². The Bertz CT molecular complexity index is 426. The molecule has 0 atom stereocenters. The smallest absolute Gasteiger partial charge is 0.215 e. The molecule has 1 aromatic rings. The molecule has 1 rings (SSSR count). The molecule has 0 bridgehead atoms. The average molecular weight is 215 g/mol. The summed E-state index contributed by atoms with van der Waals surface area (Å²) in [6.07, 6.45) is 0. The normalized spacial score (nSPS) is 11.6. The van der Waals surface area contributed by atoms with Crippen LogP contribution in [0, 0.1) is 6.92 Å². The van der Waals surface area contributed by atoms with Crippen LogP contribution in [0.3, 0.4) is 0 Å². The predicted octanol–water partition coefficient (Wildman–Crippen LogP) is 0.750. The molecule has 0 unspecified atom stereocenters. The second-order valence-corrected chi connectivity index (χ2v) is 5.02. The number of hydrogen-bond donors (Lipinski definition) is 2. The molecule has 0 amide bonds. The molecule has 4 nitrogen and oxygen atoms in total. The van der Waals surface area contributed by atoms with E-state index in [0.717, 1.165) is 5.56 Å². The van der Waals surface area contributed by atoms with Crippen molar-refractivity contribution in [2.24, 2.45) is 0 Å². The van der Waals surface area contributed by atoms with Crippen molar-refractivity contribution in [2.75, 3.05) is 7.05 Å². The molecule has 5 heteroatoms. The topological polar surface area (TPSA) is 66.4 Å². The van der Waals surface area contributed by atoms with E-state index in [0.29, 0.717) is 5.56 Å². The highest BCUT2D eigenvalue weighted by Crippen LogP contribution is 2.19. The summed E-state index contributed by atoms with van der Waals surface area (Å²) in [7, 11) is -1.97. The number of phenolic OH excluding ortho intramolecular Hbond substituents is 1. The predicted molar refractivity (Wildman–Crippen MR) is 54.5 cm³/mol. The van der Waals surface area contributed by atoms with Crippen molar-refractivity contribution in [3.63, 3.8) is 0 Å². The second-order valence-electron chi connectivity index (χ2n) is 3.10. The van der Waals surface area contributed by atoms with E-state index in [4.69, 9.17) is 0 Å². The summed E-state index contributed by atoms with van der Waals surface area (Å²) in [6, 6.07) is 4.88. The Labute approximate surface area is 83.6 Å². The van der Waals surface area contributed by atoms with E-state index in [1.54, 1.807) is 12.1 Å². The highest BCUT2D eigenvalue weighted by molar-refractivity contribution is 7.88. The maximum atomic E-state index is 11.2. The molecular formula is C9H13NO3S. The fourth-order valence-corrected chi connectivity index (χ4v) is 1.89. The lowest BCUT2D eigenvalue weighted by Gasteiger charge is -2.05. The van der Waals surface area contributed by atoms with Crippen LogP contribution in [-0.2, 0) is 15.8 Å². The fraction of sp³-hybridized carbons (Fsp3) is 0.333. The Kier molecular flexibility index (Phi) is 3.13. The van der Waals surface area contributed by atoms with E-state index < -0.39 is 10.0 Å². The van der Waals surface area contributed by atoms with Gasteiger partial charge in [-0.2, -0.15) is 0 Å². The molecule has 2 N–H and O–H groups in total. The molecule has 0 radical (unpaired) electrons. The molecule has 0 aliphatic rings. The SMILES string of the molecule is CNS(=O)(=O)Cc1cc(C)ccc1O. The standard InChI is InChI=1S/C9H13NO3S/c1-7-3-4-9(11)8(5-7)6-14(12,13)10-2/h3-5,10-11H,6H2,1-2H3. The third kappa shape index (κ3) is 2.71. The van der Waals surface area contributed by atoms with Crippen molar-refractivity contribution in [2.45, 2.75) is 12.7 Å². The van der Waals surface area contributed by atoms with E-state index in [9.17, 15) is 13.5 Å². The quantitative estimate of drug-likeness (QED) is 0.782. The molecule has 0 heterocycles. The van der Waals surface area contributed by atoms with Crippen molar-refractivity contribution in [3.05, 3.63) is 29.3 Å². The second kappa shape index (κ2) is 3.98. The summed E-state index contributed by atoms with van der Waals surface area (Å²) in [5.74, 6) is -0.189. The number of rotatable bonds is 3. The highest BCUT2D eigenvalue weighted by Gasteiger charge is 2.11. The van der Waals surface area contributed by atoms with Gasteiger partial charge in [-0.15, -0.1) is 0 Å². The Balaban J connectivity index is 3.03. The Morgan fingerprint density at radius 2 is 2.07 bits per heavy atom. The summed E-state index contributed by atoms with van der Waals surface area (Å²) in [6.45, 7) is 1.84. The average Bonchev–Trinajstić information content (AvgIpc) is 2.11. The Hall–Kier alpha value is -1.07. The van der Waals surface area contributed by atoms with Crippen LogP contribution in [0.4, 0.5) is 0 Å². The summed E-state index contributed by atoms with van der Waals surface area (Å²) in [5, 5.41) is 9.40. The first-order valence-electron chi connectivity index (χ1n) is 4.14. The van der Waals surface area contributed by atoms with Crippen LogP contribution in [0.15, 0.2) is 18.2 Å². The van der Waals surface area contributed by atoms with Crippen molar-refractivity contribution in [1.82, 2.24) is 4.72 Å². The van der Waals surface area contributed by atoms with E-state index in [1.807, 2.05) is 6.92 Å². The van der Waals surface area contributed by atoms with Gasteiger partial charge in [0.05, 0.1) is 5.75 Å². The maximum Gasteiger partial charge on any atom is 0.215 e. The lowest BCUT2D eigenvalue weighted by atomic mass is 10.1. The molecule has 0 aliphatic heterocycles. The van der Waals surface area contributed by atoms with E-state index in [-0.39, 0.29) is 11.5 Å². The van der Waals surface area contributed by atoms with E-state index in [2.05, 4.69) is 4.72 Å². The van der Waals surface area contributed by atoms with Crippen LogP contribution in [-0.4, -0.2) is 20.6 Å². The van der Waals surface area contributed by atoms with Crippen molar-refractivity contribution in [3.8, 4) is 5.75 Å². The molecule has 78 valence electrons. The molecule has 0 saturated carbocycles. The van der Waals surface area contributed by atoms with Gasteiger partial charge in [0.25, 0.3) is 0 Å². The summed E-state index contributed by atoms with van der Waals surface area (Å²) >= 11 is 0. The summed E-state index contributed by atoms with van der Waals surface area (Å²) in [5.41, 5.74) is 1.34. The molecular weight excluding hydrogens is 202 g/mol. The van der Waals surface area contributed by atoms with Crippen molar-refractivity contribution >= 4 is 10.0 Å². The van der Waals surface area contributed by atoms with Crippen LogP contribution >= 0.6 is 0 Å². The first kappa shape index (κ1) is 11.0. The first-order chi connectivity index (χ1) is 6.44. The van der Waals surface area contributed by atoms with Crippen LogP contribution in [0.25, 0.3) is 0 Å². The number of sulfonamides is 1. The molecule has 1 aromatic carbocycles. The van der Waals surface area contributed by atoms with Gasteiger partial charge in [0, 0.05) is 5.56 Å². The van der Waals surface area contributed by atoms with Gasteiger partial charge in [-0.25, -0.2) is 13.1 Å². The minimum Gasteiger partial charge on any atom is -0.508 e. The molecule has 0 aliphatic carbocycles. The van der Waals surface area contributed by atoms with E-state index in [1.165, 1.54) is 13.1 Å². The summed E-state index contributed by atoms with van der Waals surface area (Å²) < 4.78 is 24.6. The molecule has 0 fully saturated rings.